The van der Waals surface area contributed by atoms with E-state index in [1.54, 1.807) is 13.3 Å². The standard InChI is InChI=1S/C29H27N5O2/c1-36-23-12-13-24-27(19-23)34(17-14-21-8-4-2-5-9-21)28(32-24)25(18-22-10-6-3-7-11-22)33-29(35)26-20-30-15-16-31-26/h2-13,15-16,19-20,25H,14,17-18H2,1H3,(H,33,35). The molecule has 5 aromatic rings. The Kier molecular flexibility index (Phi) is 6.98. The van der Waals surface area contributed by atoms with Crippen molar-refractivity contribution in [3.05, 3.63) is 120 Å². The second-order valence-corrected chi connectivity index (χ2v) is 8.52. The van der Waals surface area contributed by atoms with Gasteiger partial charge < -0.3 is 14.6 Å². The minimum Gasteiger partial charge on any atom is -0.497 e. The lowest BCUT2D eigenvalue weighted by Crippen LogP contribution is -2.32. The van der Waals surface area contributed by atoms with E-state index in [1.807, 2.05) is 54.6 Å². The number of hydrogen-bond acceptors (Lipinski definition) is 5. The van der Waals surface area contributed by atoms with E-state index in [0.717, 1.165) is 34.6 Å². The molecular formula is C29H27N5O2. The quantitative estimate of drug-likeness (QED) is 0.330. The molecule has 0 radical (unpaired) electrons. The molecule has 0 aliphatic rings. The van der Waals surface area contributed by atoms with Gasteiger partial charge in [0.1, 0.15) is 17.3 Å². The third kappa shape index (κ3) is 5.25. The van der Waals surface area contributed by atoms with Crippen molar-refractivity contribution < 1.29 is 9.53 Å². The van der Waals surface area contributed by atoms with Crippen LogP contribution in [-0.2, 0) is 19.4 Å². The number of hydrogen-bond donors (Lipinski definition) is 1. The van der Waals surface area contributed by atoms with Crippen molar-refractivity contribution in [2.75, 3.05) is 7.11 Å². The predicted octanol–water partition coefficient (Wildman–Crippen LogP) is 4.79. The number of ether oxygens (including phenoxy) is 1. The highest BCUT2D eigenvalue weighted by Gasteiger charge is 2.24. The van der Waals surface area contributed by atoms with Crippen LogP contribution in [0.15, 0.2) is 97.5 Å². The summed E-state index contributed by atoms with van der Waals surface area (Å²) in [5, 5.41) is 3.17. The fraction of sp³-hybridized carbons (Fsp3) is 0.172. The Labute approximate surface area is 209 Å². The van der Waals surface area contributed by atoms with Crippen LogP contribution in [0.5, 0.6) is 5.75 Å². The van der Waals surface area contributed by atoms with Gasteiger partial charge in [0.2, 0.25) is 0 Å². The Hall–Kier alpha value is -4.52. The first-order chi connectivity index (χ1) is 17.7. The van der Waals surface area contributed by atoms with Crippen LogP contribution in [0.25, 0.3) is 11.0 Å². The summed E-state index contributed by atoms with van der Waals surface area (Å²) >= 11 is 0. The van der Waals surface area contributed by atoms with Crippen molar-refractivity contribution in [1.29, 1.82) is 0 Å². The van der Waals surface area contributed by atoms with E-state index < -0.39 is 0 Å². The van der Waals surface area contributed by atoms with Crippen LogP contribution in [0.4, 0.5) is 0 Å². The molecule has 0 fully saturated rings. The van der Waals surface area contributed by atoms with Gasteiger partial charge in [0, 0.05) is 25.0 Å². The van der Waals surface area contributed by atoms with Crippen LogP contribution < -0.4 is 10.1 Å². The Bertz CT molecular complexity index is 1440. The maximum absolute atomic E-state index is 13.2. The zero-order valence-corrected chi connectivity index (χ0v) is 20.0. The number of methoxy groups -OCH3 is 1. The number of nitrogens with zero attached hydrogens (tertiary/aromatic N) is 4. The molecule has 1 N–H and O–H groups in total. The number of carbonyl (C=O) groups is 1. The summed E-state index contributed by atoms with van der Waals surface area (Å²) in [5.41, 5.74) is 4.42. The zero-order chi connectivity index (χ0) is 24.7. The zero-order valence-electron chi connectivity index (χ0n) is 20.0. The van der Waals surface area contributed by atoms with E-state index in [9.17, 15) is 4.79 Å². The topological polar surface area (TPSA) is 81.9 Å². The fourth-order valence-electron chi connectivity index (χ4n) is 4.34. The van der Waals surface area contributed by atoms with Crippen molar-refractivity contribution in [2.24, 2.45) is 0 Å². The molecule has 1 amide bonds. The average molecular weight is 478 g/mol. The first kappa shape index (κ1) is 23.2. The van der Waals surface area contributed by atoms with E-state index in [4.69, 9.17) is 9.72 Å². The molecule has 7 heteroatoms. The molecule has 0 saturated carbocycles. The molecule has 0 saturated heterocycles. The third-order valence-corrected chi connectivity index (χ3v) is 6.15. The first-order valence-electron chi connectivity index (χ1n) is 11.9. The van der Waals surface area contributed by atoms with Crippen molar-refractivity contribution in [3.63, 3.8) is 0 Å². The van der Waals surface area contributed by atoms with Gasteiger partial charge in [-0.15, -0.1) is 0 Å². The molecule has 0 spiro atoms. The van der Waals surface area contributed by atoms with Crippen molar-refractivity contribution >= 4 is 16.9 Å². The minimum atomic E-state index is -0.379. The molecule has 1 unspecified atom stereocenters. The van der Waals surface area contributed by atoms with Crippen LogP contribution in [-0.4, -0.2) is 32.5 Å². The average Bonchev–Trinajstić information content (AvgIpc) is 3.30. The van der Waals surface area contributed by atoms with Gasteiger partial charge in [-0.05, 0) is 36.1 Å². The molecule has 7 nitrogen and oxygen atoms in total. The number of imidazole rings is 1. The maximum atomic E-state index is 13.2. The fourth-order valence-corrected chi connectivity index (χ4v) is 4.34. The Morgan fingerprint density at radius 3 is 2.42 bits per heavy atom. The largest absolute Gasteiger partial charge is 0.497 e. The number of benzene rings is 3. The van der Waals surface area contributed by atoms with Crippen molar-refractivity contribution in [3.8, 4) is 5.75 Å². The van der Waals surface area contributed by atoms with Crippen molar-refractivity contribution in [1.82, 2.24) is 24.8 Å². The molecule has 5 rings (SSSR count). The van der Waals surface area contributed by atoms with Gasteiger partial charge >= 0.3 is 0 Å². The van der Waals surface area contributed by atoms with E-state index in [2.05, 4.69) is 44.1 Å². The van der Waals surface area contributed by atoms with Gasteiger partial charge in [-0.25, -0.2) is 9.97 Å². The van der Waals surface area contributed by atoms with Gasteiger partial charge in [-0.1, -0.05) is 60.7 Å². The minimum absolute atomic E-state index is 0.268. The summed E-state index contributed by atoms with van der Waals surface area (Å²) in [4.78, 5) is 26.4. The van der Waals surface area contributed by atoms with Gasteiger partial charge in [0.25, 0.3) is 5.91 Å². The second kappa shape index (κ2) is 10.8. The molecular weight excluding hydrogens is 450 g/mol. The van der Waals surface area contributed by atoms with Crippen LogP contribution in [0.2, 0.25) is 0 Å². The summed E-state index contributed by atoms with van der Waals surface area (Å²) in [7, 11) is 1.66. The monoisotopic (exact) mass is 477 g/mol. The number of aromatic nitrogens is 4. The normalized spacial score (nSPS) is 11.8. The number of amides is 1. The highest BCUT2D eigenvalue weighted by molar-refractivity contribution is 5.92. The van der Waals surface area contributed by atoms with Gasteiger partial charge in [0.05, 0.1) is 30.4 Å². The lowest BCUT2D eigenvalue weighted by molar-refractivity contribution is 0.0928. The second-order valence-electron chi connectivity index (χ2n) is 8.52. The lowest BCUT2D eigenvalue weighted by atomic mass is 10.0. The predicted molar refractivity (Wildman–Crippen MR) is 139 cm³/mol. The molecule has 0 aliphatic carbocycles. The van der Waals surface area contributed by atoms with Crippen molar-refractivity contribution in [2.45, 2.75) is 25.4 Å². The van der Waals surface area contributed by atoms with Crippen LogP contribution in [0, 0.1) is 0 Å². The van der Waals surface area contributed by atoms with Gasteiger partial charge in [0.15, 0.2) is 0 Å². The smallest absolute Gasteiger partial charge is 0.272 e. The highest BCUT2D eigenvalue weighted by atomic mass is 16.5. The molecule has 2 heterocycles. The molecule has 0 bridgehead atoms. The number of aryl methyl sites for hydroxylation is 2. The summed E-state index contributed by atoms with van der Waals surface area (Å²) in [6.45, 7) is 0.704. The number of nitrogens with one attached hydrogen (secondary N) is 1. The van der Waals surface area contributed by atoms with E-state index >= 15 is 0 Å². The Morgan fingerprint density at radius 1 is 0.972 bits per heavy atom. The van der Waals surface area contributed by atoms with Crippen LogP contribution in [0.3, 0.4) is 0 Å². The summed E-state index contributed by atoms with van der Waals surface area (Å²) in [5.74, 6) is 1.26. The van der Waals surface area contributed by atoms with Gasteiger partial charge in [-0.2, -0.15) is 0 Å². The van der Waals surface area contributed by atoms with E-state index in [0.29, 0.717) is 13.0 Å². The van der Waals surface area contributed by atoms with Crippen LogP contribution in [0.1, 0.15) is 33.5 Å². The van der Waals surface area contributed by atoms with E-state index in [-0.39, 0.29) is 17.6 Å². The molecule has 2 aromatic heterocycles. The molecule has 1 atom stereocenters. The molecule has 180 valence electrons. The molecule has 3 aromatic carbocycles. The number of fused-ring (bicyclic) bond motifs is 1. The van der Waals surface area contributed by atoms with Crippen LogP contribution >= 0.6 is 0 Å². The number of rotatable bonds is 9. The maximum Gasteiger partial charge on any atom is 0.272 e. The molecule has 36 heavy (non-hydrogen) atoms. The lowest BCUT2D eigenvalue weighted by Gasteiger charge is -2.20. The number of carbonyl (C=O) groups excluding carboxylic acids is 1. The SMILES string of the molecule is COc1ccc2nc(C(Cc3ccccc3)NC(=O)c3cnccn3)n(CCc3ccccc3)c2c1. The third-order valence-electron chi connectivity index (χ3n) is 6.15. The van der Waals surface area contributed by atoms with E-state index in [1.165, 1.54) is 18.0 Å². The molecule has 0 aliphatic heterocycles. The first-order valence-corrected chi connectivity index (χ1v) is 11.9. The Balaban J connectivity index is 1.56. The summed E-state index contributed by atoms with van der Waals surface area (Å²) in [6.07, 6.45) is 5.95. The summed E-state index contributed by atoms with van der Waals surface area (Å²) in [6, 6.07) is 25.9. The van der Waals surface area contributed by atoms with Gasteiger partial charge in [-0.3, -0.25) is 9.78 Å². The Morgan fingerprint density at radius 2 is 1.72 bits per heavy atom. The summed E-state index contributed by atoms with van der Waals surface area (Å²) < 4.78 is 7.69. The highest BCUT2D eigenvalue weighted by Crippen LogP contribution is 2.27.